The third-order valence-corrected chi connectivity index (χ3v) is 1.55. The normalized spacial score (nSPS) is 9.92. The van der Waals surface area contributed by atoms with Gasteiger partial charge in [0, 0.05) is 12.4 Å². The van der Waals surface area contributed by atoms with Gasteiger partial charge in [-0.2, -0.15) is 5.26 Å². The van der Waals surface area contributed by atoms with Gasteiger partial charge in [0.05, 0.1) is 6.20 Å². The summed E-state index contributed by atoms with van der Waals surface area (Å²) < 4.78 is 1.29. The van der Waals surface area contributed by atoms with Gasteiger partial charge in [0.2, 0.25) is 5.78 Å². The number of rotatable bonds is 0. The largest absolute Gasteiger partial charge is 0.330 e. The van der Waals surface area contributed by atoms with E-state index in [0.717, 1.165) is 0 Å². The fourth-order valence-electron chi connectivity index (χ4n) is 0.977. The maximum absolute atomic E-state index is 11.3. The van der Waals surface area contributed by atoms with Crippen LogP contribution in [0.2, 0.25) is 0 Å². The maximum atomic E-state index is 11.3. The predicted molar refractivity (Wildman–Crippen MR) is 40.5 cm³/mol. The summed E-state index contributed by atoms with van der Waals surface area (Å²) >= 11 is 0. The van der Waals surface area contributed by atoms with Crippen LogP contribution in [-0.2, 0) is 0 Å². The number of hydrogen-bond donors (Lipinski definition) is 1. The van der Waals surface area contributed by atoms with E-state index in [4.69, 9.17) is 5.26 Å². The zero-order valence-corrected chi connectivity index (χ0v) is 5.98. The van der Waals surface area contributed by atoms with E-state index in [9.17, 15) is 4.79 Å². The van der Waals surface area contributed by atoms with E-state index in [2.05, 4.69) is 9.97 Å². The standard InChI is InChI=1S/C7H4N4O/c8-3-5-4-10-7-9-1-2-11(7)6(5)12/h1-2,4H,(H,9,10). The van der Waals surface area contributed by atoms with Crippen LogP contribution in [0.25, 0.3) is 5.78 Å². The minimum atomic E-state index is -0.344. The van der Waals surface area contributed by atoms with E-state index in [0.29, 0.717) is 5.78 Å². The van der Waals surface area contributed by atoms with Crippen LogP contribution in [0.4, 0.5) is 0 Å². The van der Waals surface area contributed by atoms with Crippen LogP contribution in [0.3, 0.4) is 0 Å². The summed E-state index contributed by atoms with van der Waals surface area (Å²) in [6.07, 6.45) is 4.38. The Hall–Kier alpha value is -2.09. The molecule has 2 rings (SSSR count). The highest BCUT2D eigenvalue weighted by Gasteiger charge is 2.02. The van der Waals surface area contributed by atoms with Crippen LogP contribution in [-0.4, -0.2) is 14.4 Å². The Balaban J connectivity index is 3.00. The summed E-state index contributed by atoms with van der Waals surface area (Å²) in [5.41, 5.74) is -0.296. The smallest absolute Gasteiger partial charge is 0.276 e. The van der Waals surface area contributed by atoms with Crippen molar-refractivity contribution in [1.29, 1.82) is 5.26 Å². The fraction of sp³-hybridized carbons (Fsp3) is 0. The van der Waals surface area contributed by atoms with E-state index < -0.39 is 0 Å². The molecule has 0 saturated heterocycles. The quantitative estimate of drug-likeness (QED) is 0.584. The van der Waals surface area contributed by atoms with Crippen molar-refractivity contribution in [3.05, 3.63) is 34.5 Å². The highest BCUT2D eigenvalue weighted by molar-refractivity contribution is 5.33. The second-order valence-corrected chi connectivity index (χ2v) is 2.24. The molecule has 0 radical (unpaired) electrons. The van der Waals surface area contributed by atoms with E-state index in [1.54, 1.807) is 12.3 Å². The van der Waals surface area contributed by atoms with Gasteiger partial charge in [-0.3, -0.25) is 9.20 Å². The molecule has 2 heterocycles. The number of fused-ring (bicyclic) bond motifs is 1. The van der Waals surface area contributed by atoms with Gasteiger partial charge in [-0.15, -0.1) is 0 Å². The molecular weight excluding hydrogens is 156 g/mol. The third kappa shape index (κ3) is 0.720. The van der Waals surface area contributed by atoms with Crippen LogP contribution in [0.1, 0.15) is 5.56 Å². The SMILES string of the molecule is N#Cc1cnc2[nH]ccn2c1=O. The van der Waals surface area contributed by atoms with Gasteiger partial charge < -0.3 is 4.98 Å². The molecule has 0 aliphatic rings. The van der Waals surface area contributed by atoms with Gasteiger partial charge in [-0.25, -0.2) is 4.98 Å². The van der Waals surface area contributed by atoms with Crippen molar-refractivity contribution in [2.24, 2.45) is 0 Å². The van der Waals surface area contributed by atoms with Crippen molar-refractivity contribution in [1.82, 2.24) is 14.4 Å². The number of aromatic nitrogens is 3. The Morgan fingerprint density at radius 1 is 1.67 bits per heavy atom. The van der Waals surface area contributed by atoms with E-state index in [-0.39, 0.29) is 11.1 Å². The first kappa shape index (κ1) is 6.61. The summed E-state index contributed by atoms with van der Waals surface area (Å²) in [6, 6.07) is 1.77. The minimum absolute atomic E-state index is 0.0482. The number of H-pyrrole nitrogens is 1. The van der Waals surface area contributed by atoms with Crippen LogP contribution in [0.5, 0.6) is 0 Å². The molecule has 2 aromatic heterocycles. The highest BCUT2D eigenvalue weighted by Crippen LogP contribution is 1.92. The monoisotopic (exact) mass is 160 g/mol. The molecule has 0 atom stereocenters. The van der Waals surface area contributed by atoms with E-state index >= 15 is 0 Å². The van der Waals surface area contributed by atoms with Crippen molar-refractivity contribution < 1.29 is 0 Å². The molecule has 12 heavy (non-hydrogen) atoms. The lowest BCUT2D eigenvalue weighted by Crippen LogP contribution is -2.15. The Kier molecular flexibility index (Phi) is 1.21. The lowest BCUT2D eigenvalue weighted by atomic mass is 10.4. The van der Waals surface area contributed by atoms with Gasteiger partial charge in [0.1, 0.15) is 11.6 Å². The Morgan fingerprint density at radius 3 is 3.25 bits per heavy atom. The Morgan fingerprint density at radius 2 is 2.50 bits per heavy atom. The van der Waals surface area contributed by atoms with Crippen LogP contribution >= 0.6 is 0 Å². The number of nitrogens with one attached hydrogen (secondary N) is 1. The van der Waals surface area contributed by atoms with Gasteiger partial charge >= 0.3 is 0 Å². The van der Waals surface area contributed by atoms with E-state index in [1.165, 1.54) is 16.8 Å². The van der Waals surface area contributed by atoms with Crippen molar-refractivity contribution in [2.75, 3.05) is 0 Å². The second kappa shape index (κ2) is 2.20. The summed E-state index contributed by atoms with van der Waals surface area (Å²) in [4.78, 5) is 17.9. The molecule has 1 N–H and O–H groups in total. The summed E-state index contributed by atoms with van der Waals surface area (Å²) in [7, 11) is 0. The molecule has 0 fully saturated rings. The number of nitriles is 1. The Bertz CT molecular complexity index is 516. The first-order valence-corrected chi connectivity index (χ1v) is 3.28. The van der Waals surface area contributed by atoms with Crippen molar-refractivity contribution in [3.8, 4) is 6.07 Å². The second-order valence-electron chi connectivity index (χ2n) is 2.24. The zero-order chi connectivity index (χ0) is 8.55. The lowest BCUT2D eigenvalue weighted by molar-refractivity contribution is 1.04. The molecule has 0 amide bonds. The molecule has 0 aliphatic heterocycles. The topological polar surface area (TPSA) is 73.9 Å². The van der Waals surface area contributed by atoms with Crippen molar-refractivity contribution in [2.45, 2.75) is 0 Å². The predicted octanol–water partition coefficient (Wildman–Crippen LogP) is -0.106. The third-order valence-electron chi connectivity index (χ3n) is 1.55. The van der Waals surface area contributed by atoms with Crippen LogP contribution in [0, 0.1) is 11.3 Å². The molecule has 5 heteroatoms. The molecular formula is C7H4N4O. The molecule has 0 spiro atoms. The highest BCUT2D eigenvalue weighted by atomic mass is 16.1. The van der Waals surface area contributed by atoms with Gasteiger partial charge in [-0.05, 0) is 0 Å². The average molecular weight is 160 g/mol. The van der Waals surface area contributed by atoms with E-state index in [1.807, 2.05) is 0 Å². The number of hydrogen-bond acceptors (Lipinski definition) is 3. The van der Waals surface area contributed by atoms with Gasteiger partial charge in [0.15, 0.2) is 0 Å². The molecule has 58 valence electrons. The molecule has 5 nitrogen and oxygen atoms in total. The first-order chi connectivity index (χ1) is 5.83. The maximum Gasteiger partial charge on any atom is 0.276 e. The number of aromatic amines is 1. The first-order valence-electron chi connectivity index (χ1n) is 3.28. The summed E-state index contributed by atoms with van der Waals surface area (Å²) in [5, 5.41) is 8.50. The Labute approximate surface area is 66.9 Å². The van der Waals surface area contributed by atoms with Crippen LogP contribution in [0.15, 0.2) is 23.4 Å². The van der Waals surface area contributed by atoms with Gasteiger partial charge in [0.25, 0.3) is 5.56 Å². The summed E-state index contributed by atoms with van der Waals surface area (Å²) in [6.45, 7) is 0. The lowest BCUT2D eigenvalue weighted by Gasteiger charge is -1.90. The molecule has 0 bridgehead atoms. The van der Waals surface area contributed by atoms with Crippen LogP contribution < -0.4 is 5.56 Å². The number of imidazole rings is 1. The molecule has 0 saturated carbocycles. The molecule has 0 aliphatic carbocycles. The van der Waals surface area contributed by atoms with Crippen molar-refractivity contribution in [3.63, 3.8) is 0 Å². The van der Waals surface area contributed by atoms with Crippen molar-refractivity contribution >= 4 is 5.78 Å². The average Bonchev–Trinajstić information content (AvgIpc) is 2.53. The molecule has 0 unspecified atom stereocenters. The van der Waals surface area contributed by atoms with Gasteiger partial charge in [-0.1, -0.05) is 0 Å². The zero-order valence-electron chi connectivity index (χ0n) is 5.98. The number of nitrogens with zero attached hydrogens (tertiary/aromatic N) is 3. The summed E-state index contributed by atoms with van der Waals surface area (Å²) in [5.74, 6) is 0.444. The fourth-order valence-corrected chi connectivity index (χ4v) is 0.977. The molecule has 2 aromatic rings. The minimum Gasteiger partial charge on any atom is -0.330 e. The molecule has 0 aromatic carbocycles.